The van der Waals surface area contributed by atoms with Crippen LogP contribution < -0.4 is 10.6 Å². The van der Waals surface area contributed by atoms with Gasteiger partial charge >= 0.3 is 0 Å². The zero-order chi connectivity index (χ0) is 20.8. The largest absolute Gasteiger partial charge is 0.384 e. The molecule has 2 amide bonds. The summed E-state index contributed by atoms with van der Waals surface area (Å²) in [4.78, 5) is 28.3. The van der Waals surface area contributed by atoms with Crippen LogP contribution in [0.4, 0.5) is 10.5 Å². The molecular weight excluding hydrogens is 396 g/mol. The van der Waals surface area contributed by atoms with Gasteiger partial charge in [-0.25, -0.2) is 0 Å². The summed E-state index contributed by atoms with van der Waals surface area (Å²) in [6.45, 7) is 7.34. The Kier molecular flexibility index (Phi) is 6.84. The van der Waals surface area contributed by atoms with E-state index >= 15 is 0 Å². The van der Waals surface area contributed by atoms with Gasteiger partial charge in [0.15, 0.2) is 0 Å². The molecule has 156 valence electrons. The second-order valence-electron chi connectivity index (χ2n) is 7.50. The van der Waals surface area contributed by atoms with Crippen LogP contribution in [0.3, 0.4) is 0 Å². The molecule has 2 aromatic rings. The molecule has 4 rings (SSSR count). The first-order valence-corrected chi connectivity index (χ1v) is 11.0. The van der Waals surface area contributed by atoms with Crippen molar-refractivity contribution in [1.29, 1.82) is 0 Å². The highest BCUT2D eigenvalue weighted by Crippen LogP contribution is 2.25. The van der Waals surface area contributed by atoms with Gasteiger partial charge in [-0.15, -0.1) is 0 Å². The first-order chi connectivity index (χ1) is 14.7. The van der Waals surface area contributed by atoms with Crippen LogP contribution in [0.2, 0.25) is 0 Å². The predicted octanol–water partition coefficient (Wildman–Crippen LogP) is 3.24. The van der Waals surface area contributed by atoms with Gasteiger partial charge in [0.05, 0.1) is 4.91 Å². The second kappa shape index (κ2) is 9.93. The molecule has 0 saturated carbocycles. The standard InChI is InChI=1S/C23H26N4O2S/c28-22-21(30-23(29)25-22)16-18-6-8-20(9-7-18)24-10-11-26-12-14-27(15-13-26)17-19-4-2-1-3-5-19/h1-9,16,24H,10-15,17H2,(H,25,28,29)/b21-16+. The fourth-order valence-corrected chi connectivity index (χ4v) is 4.32. The summed E-state index contributed by atoms with van der Waals surface area (Å²) in [5, 5.41) is 5.42. The summed E-state index contributed by atoms with van der Waals surface area (Å²) in [5.74, 6) is -0.323. The van der Waals surface area contributed by atoms with Crippen molar-refractivity contribution in [2.45, 2.75) is 6.54 Å². The lowest BCUT2D eigenvalue weighted by Gasteiger charge is -2.34. The zero-order valence-corrected chi connectivity index (χ0v) is 17.7. The van der Waals surface area contributed by atoms with Crippen molar-refractivity contribution in [3.63, 3.8) is 0 Å². The third kappa shape index (κ3) is 5.72. The number of imide groups is 1. The smallest absolute Gasteiger partial charge is 0.290 e. The van der Waals surface area contributed by atoms with E-state index in [9.17, 15) is 9.59 Å². The number of anilines is 1. The highest BCUT2D eigenvalue weighted by atomic mass is 32.2. The van der Waals surface area contributed by atoms with E-state index in [0.29, 0.717) is 4.91 Å². The van der Waals surface area contributed by atoms with Crippen molar-refractivity contribution in [3.05, 3.63) is 70.6 Å². The van der Waals surface area contributed by atoms with E-state index in [1.807, 2.05) is 24.3 Å². The molecule has 30 heavy (non-hydrogen) atoms. The SMILES string of the molecule is O=C1NC(=O)/C(=C\c2ccc(NCCN3CCN(Cc4ccccc4)CC3)cc2)S1. The average Bonchev–Trinajstić information content (AvgIpc) is 3.08. The molecule has 0 aromatic heterocycles. The van der Waals surface area contributed by atoms with Crippen LogP contribution in [0.25, 0.3) is 6.08 Å². The topological polar surface area (TPSA) is 64.7 Å². The monoisotopic (exact) mass is 422 g/mol. The van der Waals surface area contributed by atoms with Gasteiger partial charge < -0.3 is 5.32 Å². The lowest BCUT2D eigenvalue weighted by atomic mass is 10.2. The number of piperazine rings is 1. The first kappa shape index (κ1) is 20.7. The molecule has 0 spiro atoms. The van der Waals surface area contributed by atoms with Crippen molar-refractivity contribution in [2.75, 3.05) is 44.6 Å². The molecule has 6 nitrogen and oxygen atoms in total. The van der Waals surface area contributed by atoms with E-state index in [0.717, 1.165) is 68.8 Å². The minimum Gasteiger partial charge on any atom is -0.384 e. The third-order valence-electron chi connectivity index (χ3n) is 5.32. The molecule has 0 radical (unpaired) electrons. The molecule has 7 heteroatoms. The maximum Gasteiger partial charge on any atom is 0.290 e. The summed E-state index contributed by atoms with van der Waals surface area (Å²) in [6, 6.07) is 18.6. The van der Waals surface area contributed by atoms with Crippen LogP contribution in [0, 0.1) is 0 Å². The molecule has 2 aliphatic heterocycles. The summed E-state index contributed by atoms with van der Waals surface area (Å²) in [5.41, 5.74) is 3.34. The van der Waals surface area contributed by atoms with Gasteiger partial charge in [0.1, 0.15) is 0 Å². The minimum atomic E-state index is -0.323. The Balaban J connectivity index is 1.18. The van der Waals surface area contributed by atoms with Gasteiger partial charge in [-0.2, -0.15) is 0 Å². The van der Waals surface area contributed by atoms with Crippen LogP contribution in [0.5, 0.6) is 0 Å². The summed E-state index contributed by atoms with van der Waals surface area (Å²) < 4.78 is 0. The van der Waals surface area contributed by atoms with Crippen LogP contribution >= 0.6 is 11.8 Å². The molecule has 2 aromatic carbocycles. The van der Waals surface area contributed by atoms with E-state index in [-0.39, 0.29) is 11.1 Å². The number of hydrogen-bond donors (Lipinski definition) is 2. The fourth-order valence-electron chi connectivity index (χ4n) is 3.64. The van der Waals surface area contributed by atoms with Crippen LogP contribution in [0.1, 0.15) is 11.1 Å². The Morgan fingerprint density at radius 1 is 0.933 bits per heavy atom. The molecule has 2 aliphatic rings. The summed E-state index contributed by atoms with van der Waals surface area (Å²) in [6.07, 6.45) is 1.74. The van der Waals surface area contributed by atoms with Crippen molar-refractivity contribution in [2.24, 2.45) is 0 Å². The van der Waals surface area contributed by atoms with Crippen molar-refractivity contribution in [3.8, 4) is 0 Å². The van der Waals surface area contributed by atoms with E-state index in [1.54, 1.807) is 6.08 Å². The van der Waals surface area contributed by atoms with Gasteiger partial charge in [0.25, 0.3) is 11.1 Å². The Morgan fingerprint density at radius 2 is 1.63 bits per heavy atom. The first-order valence-electron chi connectivity index (χ1n) is 10.2. The zero-order valence-electron chi connectivity index (χ0n) is 16.8. The summed E-state index contributed by atoms with van der Waals surface area (Å²) >= 11 is 0.940. The Morgan fingerprint density at radius 3 is 2.30 bits per heavy atom. The van der Waals surface area contributed by atoms with Gasteiger partial charge in [-0.3, -0.25) is 24.7 Å². The van der Waals surface area contributed by atoms with Crippen LogP contribution in [0.15, 0.2) is 59.5 Å². The average molecular weight is 423 g/mol. The number of nitrogens with zero attached hydrogens (tertiary/aromatic N) is 2. The lowest BCUT2D eigenvalue weighted by Crippen LogP contribution is -2.47. The number of hydrogen-bond acceptors (Lipinski definition) is 6. The normalized spacial score (nSPS) is 19.3. The number of rotatable bonds is 7. The van der Waals surface area contributed by atoms with E-state index in [1.165, 1.54) is 5.56 Å². The van der Waals surface area contributed by atoms with Crippen molar-refractivity contribution in [1.82, 2.24) is 15.1 Å². The molecular formula is C23H26N4O2S. The van der Waals surface area contributed by atoms with Crippen molar-refractivity contribution < 1.29 is 9.59 Å². The number of benzene rings is 2. The van der Waals surface area contributed by atoms with Crippen molar-refractivity contribution >= 4 is 34.7 Å². The second-order valence-corrected chi connectivity index (χ2v) is 8.52. The molecule has 2 N–H and O–H groups in total. The van der Waals surface area contributed by atoms with E-state index in [4.69, 9.17) is 0 Å². The number of amides is 2. The highest BCUT2D eigenvalue weighted by molar-refractivity contribution is 8.18. The van der Waals surface area contributed by atoms with E-state index < -0.39 is 0 Å². The van der Waals surface area contributed by atoms with E-state index in [2.05, 4.69) is 50.8 Å². The maximum absolute atomic E-state index is 11.6. The van der Waals surface area contributed by atoms with Gasteiger partial charge in [0, 0.05) is 51.5 Å². The van der Waals surface area contributed by atoms with Gasteiger partial charge in [-0.1, -0.05) is 42.5 Å². The maximum atomic E-state index is 11.6. The molecule has 0 aliphatic carbocycles. The number of nitrogens with one attached hydrogen (secondary N) is 2. The van der Waals surface area contributed by atoms with Gasteiger partial charge in [-0.05, 0) is 41.1 Å². The third-order valence-corrected chi connectivity index (χ3v) is 6.13. The molecule has 0 atom stereocenters. The molecule has 2 saturated heterocycles. The molecule has 0 bridgehead atoms. The highest BCUT2D eigenvalue weighted by Gasteiger charge is 2.24. The fraction of sp³-hybridized carbons (Fsp3) is 0.304. The Bertz CT molecular complexity index is 907. The van der Waals surface area contributed by atoms with Crippen LogP contribution in [-0.2, 0) is 11.3 Å². The molecule has 2 fully saturated rings. The van der Waals surface area contributed by atoms with Crippen LogP contribution in [-0.4, -0.2) is 60.2 Å². The number of carbonyl (C=O) groups excluding carboxylic acids is 2. The Hall–Kier alpha value is -2.61. The molecule has 2 heterocycles. The Labute approximate surface area is 181 Å². The summed E-state index contributed by atoms with van der Waals surface area (Å²) in [7, 11) is 0. The van der Waals surface area contributed by atoms with Gasteiger partial charge in [0.2, 0.25) is 0 Å². The molecule has 0 unspecified atom stereocenters. The number of carbonyl (C=O) groups is 2. The predicted molar refractivity (Wildman–Crippen MR) is 122 cm³/mol. The lowest BCUT2D eigenvalue weighted by molar-refractivity contribution is -0.115. The quantitative estimate of drug-likeness (QED) is 0.668. The minimum absolute atomic E-state index is 0.314. The number of thioether (sulfide) groups is 1.